The predicted octanol–water partition coefficient (Wildman–Crippen LogP) is 1.88. The summed E-state index contributed by atoms with van der Waals surface area (Å²) < 4.78 is 0. The minimum atomic E-state index is -0.149. The van der Waals surface area contributed by atoms with E-state index in [1.807, 2.05) is 0 Å². The molecule has 0 spiro atoms. The lowest BCUT2D eigenvalue weighted by Gasteiger charge is -2.25. The molecule has 1 saturated carbocycles. The Kier molecular flexibility index (Phi) is 6.34. The van der Waals surface area contributed by atoms with E-state index in [4.69, 9.17) is 5.11 Å². The number of amides is 2. The fourth-order valence-electron chi connectivity index (χ4n) is 2.16. The molecule has 0 heterocycles. The summed E-state index contributed by atoms with van der Waals surface area (Å²) in [6.45, 7) is 4.92. The van der Waals surface area contributed by atoms with Crippen LogP contribution in [-0.2, 0) is 0 Å². The SMILES string of the molecule is CC(C)CC(CO)NC(=O)NCCC1CCC1. The van der Waals surface area contributed by atoms with E-state index in [1.165, 1.54) is 19.3 Å². The average molecular weight is 242 g/mol. The molecule has 0 aromatic heterocycles. The molecule has 0 aromatic rings. The van der Waals surface area contributed by atoms with E-state index < -0.39 is 0 Å². The maximum atomic E-state index is 11.5. The smallest absolute Gasteiger partial charge is 0.315 e. The van der Waals surface area contributed by atoms with Gasteiger partial charge in [0.25, 0.3) is 0 Å². The number of rotatable bonds is 7. The van der Waals surface area contributed by atoms with Crippen LogP contribution in [0.1, 0.15) is 46.0 Å². The molecule has 2 amide bonds. The van der Waals surface area contributed by atoms with Gasteiger partial charge in [-0.3, -0.25) is 0 Å². The molecule has 1 atom stereocenters. The fourth-order valence-corrected chi connectivity index (χ4v) is 2.16. The second-order valence-corrected chi connectivity index (χ2v) is 5.49. The Morgan fingerprint density at radius 2 is 2.12 bits per heavy atom. The van der Waals surface area contributed by atoms with Gasteiger partial charge < -0.3 is 15.7 Å². The van der Waals surface area contributed by atoms with E-state index >= 15 is 0 Å². The zero-order valence-corrected chi connectivity index (χ0v) is 11.0. The molecule has 100 valence electrons. The first-order valence-corrected chi connectivity index (χ1v) is 6.77. The standard InChI is InChI=1S/C13H26N2O2/c1-10(2)8-12(9-16)15-13(17)14-7-6-11-4-3-5-11/h10-12,16H,3-9H2,1-2H3,(H2,14,15,17). The topological polar surface area (TPSA) is 61.4 Å². The van der Waals surface area contributed by atoms with E-state index in [1.54, 1.807) is 0 Å². The van der Waals surface area contributed by atoms with Crippen LogP contribution in [0.4, 0.5) is 4.79 Å². The zero-order chi connectivity index (χ0) is 12.7. The van der Waals surface area contributed by atoms with Crippen molar-refractivity contribution in [3.8, 4) is 0 Å². The van der Waals surface area contributed by atoms with Gasteiger partial charge >= 0.3 is 6.03 Å². The van der Waals surface area contributed by atoms with Gasteiger partial charge in [-0.1, -0.05) is 33.1 Å². The molecule has 1 aliphatic carbocycles. The molecule has 1 fully saturated rings. The average Bonchev–Trinajstić information content (AvgIpc) is 2.20. The first-order chi connectivity index (χ1) is 8.11. The van der Waals surface area contributed by atoms with Crippen LogP contribution in [-0.4, -0.2) is 30.3 Å². The molecule has 1 unspecified atom stereocenters. The molecule has 0 radical (unpaired) electrons. The predicted molar refractivity (Wildman–Crippen MR) is 68.8 cm³/mol. The monoisotopic (exact) mass is 242 g/mol. The van der Waals surface area contributed by atoms with E-state index in [2.05, 4.69) is 24.5 Å². The van der Waals surface area contributed by atoms with Crippen LogP contribution in [0.3, 0.4) is 0 Å². The van der Waals surface area contributed by atoms with Crippen LogP contribution in [0.15, 0.2) is 0 Å². The maximum Gasteiger partial charge on any atom is 0.315 e. The van der Waals surface area contributed by atoms with Crippen LogP contribution in [0, 0.1) is 11.8 Å². The number of carbonyl (C=O) groups is 1. The third-order valence-corrected chi connectivity index (χ3v) is 3.37. The Hall–Kier alpha value is -0.770. The second-order valence-electron chi connectivity index (χ2n) is 5.49. The highest BCUT2D eigenvalue weighted by molar-refractivity contribution is 5.74. The number of carbonyl (C=O) groups excluding carboxylic acids is 1. The number of hydrogen-bond acceptors (Lipinski definition) is 2. The third kappa shape index (κ3) is 5.91. The van der Waals surface area contributed by atoms with Crippen LogP contribution < -0.4 is 10.6 Å². The molecule has 4 heteroatoms. The summed E-state index contributed by atoms with van der Waals surface area (Å²) >= 11 is 0. The quantitative estimate of drug-likeness (QED) is 0.638. The Morgan fingerprint density at radius 1 is 1.41 bits per heavy atom. The first-order valence-electron chi connectivity index (χ1n) is 6.77. The Labute approximate surface area is 104 Å². The molecule has 1 rings (SSSR count). The molecule has 3 N–H and O–H groups in total. The maximum absolute atomic E-state index is 11.5. The van der Waals surface area contributed by atoms with Crippen molar-refractivity contribution in [1.82, 2.24) is 10.6 Å². The molecule has 0 bridgehead atoms. The molecule has 0 saturated heterocycles. The fraction of sp³-hybridized carbons (Fsp3) is 0.923. The molecule has 0 aromatic carbocycles. The van der Waals surface area contributed by atoms with Gasteiger partial charge in [-0.2, -0.15) is 0 Å². The lowest BCUT2D eigenvalue weighted by Crippen LogP contribution is -2.45. The minimum absolute atomic E-state index is 0.00816. The number of urea groups is 1. The van der Waals surface area contributed by atoms with Crippen LogP contribution in [0.25, 0.3) is 0 Å². The number of hydrogen-bond donors (Lipinski definition) is 3. The Morgan fingerprint density at radius 3 is 2.59 bits per heavy atom. The van der Waals surface area contributed by atoms with Gasteiger partial charge in [0.15, 0.2) is 0 Å². The van der Waals surface area contributed by atoms with Crippen molar-refractivity contribution in [3.05, 3.63) is 0 Å². The summed E-state index contributed by atoms with van der Waals surface area (Å²) in [5.74, 6) is 1.29. The molecule has 4 nitrogen and oxygen atoms in total. The second kappa shape index (κ2) is 7.54. The molecule has 0 aliphatic heterocycles. The molecule has 17 heavy (non-hydrogen) atoms. The lowest BCUT2D eigenvalue weighted by molar-refractivity contribution is 0.205. The normalized spacial score (nSPS) is 17.6. The third-order valence-electron chi connectivity index (χ3n) is 3.37. The van der Waals surface area contributed by atoms with Crippen molar-refractivity contribution in [2.24, 2.45) is 11.8 Å². The summed E-state index contributed by atoms with van der Waals surface area (Å²) in [5.41, 5.74) is 0. The van der Waals surface area contributed by atoms with Crippen molar-refractivity contribution < 1.29 is 9.90 Å². The summed E-state index contributed by atoms with van der Waals surface area (Å²) in [7, 11) is 0. The summed E-state index contributed by atoms with van der Waals surface area (Å²) in [4.78, 5) is 11.5. The van der Waals surface area contributed by atoms with Gasteiger partial charge in [0.05, 0.1) is 12.6 Å². The highest BCUT2D eigenvalue weighted by atomic mass is 16.3. The minimum Gasteiger partial charge on any atom is -0.394 e. The van der Waals surface area contributed by atoms with E-state index in [-0.39, 0.29) is 18.7 Å². The first kappa shape index (κ1) is 14.3. The highest BCUT2D eigenvalue weighted by Gasteiger charge is 2.17. The Bertz CT molecular complexity index is 227. The van der Waals surface area contributed by atoms with Crippen molar-refractivity contribution in [1.29, 1.82) is 0 Å². The lowest BCUT2D eigenvalue weighted by atomic mass is 9.83. The van der Waals surface area contributed by atoms with E-state index in [0.717, 1.165) is 25.3 Å². The summed E-state index contributed by atoms with van der Waals surface area (Å²) in [6, 6.07) is -0.275. The summed E-state index contributed by atoms with van der Waals surface area (Å²) in [5, 5.41) is 14.8. The van der Waals surface area contributed by atoms with Gasteiger partial charge in [0.1, 0.15) is 0 Å². The van der Waals surface area contributed by atoms with Crippen LogP contribution in [0.5, 0.6) is 0 Å². The Balaban J connectivity index is 2.08. The van der Waals surface area contributed by atoms with E-state index in [9.17, 15) is 4.79 Å². The molecular formula is C13H26N2O2. The number of aliphatic hydroxyl groups is 1. The van der Waals surface area contributed by atoms with Crippen molar-refractivity contribution >= 4 is 6.03 Å². The van der Waals surface area contributed by atoms with Crippen LogP contribution in [0.2, 0.25) is 0 Å². The van der Waals surface area contributed by atoms with Gasteiger partial charge in [-0.05, 0) is 24.7 Å². The largest absolute Gasteiger partial charge is 0.394 e. The van der Waals surface area contributed by atoms with Gasteiger partial charge in [-0.15, -0.1) is 0 Å². The van der Waals surface area contributed by atoms with Crippen molar-refractivity contribution in [3.63, 3.8) is 0 Å². The van der Waals surface area contributed by atoms with Crippen LogP contribution >= 0.6 is 0 Å². The van der Waals surface area contributed by atoms with Gasteiger partial charge in [-0.25, -0.2) is 4.79 Å². The number of aliphatic hydroxyl groups excluding tert-OH is 1. The zero-order valence-electron chi connectivity index (χ0n) is 11.0. The van der Waals surface area contributed by atoms with Crippen molar-refractivity contribution in [2.45, 2.75) is 52.0 Å². The van der Waals surface area contributed by atoms with E-state index in [0.29, 0.717) is 5.92 Å². The highest BCUT2D eigenvalue weighted by Crippen LogP contribution is 2.28. The number of nitrogens with one attached hydrogen (secondary N) is 2. The summed E-state index contributed by atoms with van der Waals surface area (Å²) in [6.07, 6.45) is 5.87. The molecule has 1 aliphatic rings. The molecular weight excluding hydrogens is 216 g/mol. The van der Waals surface area contributed by atoms with Gasteiger partial charge in [0.2, 0.25) is 0 Å². The van der Waals surface area contributed by atoms with Crippen molar-refractivity contribution in [2.75, 3.05) is 13.2 Å². The van der Waals surface area contributed by atoms with Gasteiger partial charge in [0, 0.05) is 6.54 Å².